The summed E-state index contributed by atoms with van der Waals surface area (Å²) in [5.41, 5.74) is 1.03. The van der Waals surface area contributed by atoms with E-state index in [9.17, 15) is 0 Å². The number of allylic oxidation sites excluding steroid dienone is 5. The van der Waals surface area contributed by atoms with E-state index in [2.05, 4.69) is 12.6 Å². The van der Waals surface area contributed by atoms with Crippen molar-refractivity contribution in [3.8, 4) is 6.07 Å². The van der Waals surface area contributed by atoms with Gasteiger partial charge in [-0.15, -0.1) is 0 Å². The first kappa shape index (κ1) is 9.71. The van der Waals surface area contributed by atoms with Crippen LogP contribution in [0, 0.1) is 17.2 Å². The molecule has 1 heteroatoms. The van der Waals surface area contributed by atoms with Crippen LogP contribution in [-0.2, 0) is 0 Å². The Labute approximate surface area is 68.3 Å². The van der Waals surface area contributed by atoms with Gasteiger partial charge in [0.25, 0.3) is 0 Å². The van der Waals surface area contributed by atoms with Gasteiger partial charge in [-0.25, -0.2) is 0 Å². The van der Waals surface area contributed by atoms with Crippen molar-refractivity contribution >= 4 is 0 Å². The van der Waals surface area contributed by atoms with Gasteiger partial charge < -0.3 is 0 Å². The lowest BCUT2D eigenvalue weighted by atomic mass is 10.0. The van der Waals surface area contributed by atoms with Gasteiger partial charge >= 0.3 is 0 Å². The third-order valence-electron chi connectivity index (χ3n) is 1.45. The van der Waals surface area contributed by atoms with Crippen molar-refractivity contribution in [2.75, 3.05) is 0 Å². The zero-order chi connectivity index (χ0) is 8.69. The quantitative estimate of drug-likeness (QED) is 0.563. The molecular formula is C10H13N. The molecule has 0 saturated heterocycles. The van der Waals surface area contributed by atoms with Crippen LogP contribution in [0.1, 0.15) is 13.8 Å². The summed E-state index contributed by atoms with van der Waals surface area (Å²) in [6.07, 6.45) is 7.38. The molecule has 0 aliphatic rings. The molecule has 0 aromatic rings. The molecule has 0 aliphatic carbocycles. The van der Waals surface area contributed by atoms with Crippen molar-refractivity contribution in [3.05, 3.63) is 36.5 Å². The summed E-state index contributed by atoms with van der Waals surface area (Å²) in [6.45, 7) is 7.36. The first-order chi connectivity index (χ1) is 5.26. The highest BCUT2D eigenvalue weighted by Gasteiger charge is 2.00. The Balaban J connectivity index is 4.33. The Morgan fingerprint density at radius 2 is 2.27 bits per heavy atom. The summed E-state index contributed by atoms with van der Waals surface area (Å²) in [7, 11) is 0. The fourth-order valence-corrected chi connectivity index (χ4v) is 0.744. The largest absolute Gasteiger partial charge is 0.198 e. The number of nitriles is 1. The van der Waals surface area contributed by atoms with Crippen molar-refractivity contribution < 1.29 is 0 Å². The zero-order valence-electron chi connectivity index (χ0n) is 7.04. The van der Waals surface area contributed by atoms with Crippen molar-refractivity contribution in [2.24, 2.45) is 5.92 Å². The van der Waals surface area contributed by atoms with Gasteiger partial charge in [0.15, 0.2) is 0 Å². The van der Waals surface area contributed by atoms with Crippen LogP contribution in [0.3, 0.4) is 0 Å². The van der Waals surface area contributed by atoms with E-state index in [4.69, 9.17) is 5.26 Å². The van der Waals surface area contributed by atoms with Crippen LogP contribution in [-0.4, -0.2) is 0 Å². The average Bonchev–Trinajstić information content (AvgIpc) is 2.05. The Bertz CT molecular complexity index is 216. The highest BCUT2D eigenvalue weighted by atomic mass is 14.3. The molecule has 0 heterocycles. The topological polar surface area (TPSA) is 23.8 Å². The molecule has 0 aromatic carbocycles. The van der Waals surface area contributed by atoms with Crippen LogP contribution in [0.4, 0.5) is 0 Å². The lowest BCUT2D eigenvalue weighted by Crippen LogP contribution is -1.91. The first-order valence-corrected chi connectivity index (χ1v) is 3.61. The van der Waals surface area contributed by atoms with Crippen molar-refractivity contribution in [1.82, 2.24) is 0 Å². The van der Waals surface area contributed by atoms with E-state index in [-0.39, 0.29) is 5.92 Å². The second-order valence-electron chi connectivity index (χ2n) is 2.23. The molecule has 0 bridgehead atoms. The molecule has 0 radical (unpaired) electrons. The predicted molar refractivity (Wildman–Crippen MR) is 47.9 cm³/mol. The maximum Gasteiger partial charge on any atom is 0.0700 e. The van der Waals surface area contributed by atoms with Gasteiger partial charge in [0, 0.05) is 0 Å². The third kappa shape index (κ3) is 3.42. The summed E-state index contributed by atoms with van der Waals surface area (Å²) < 4.78 is 0. The normalized spacial score (nSPS) is 14.5. The van der Waals surface area contributed by atoms with Gasteiger partial charge in [0.05, 0.1) is 12.0 Å². The summed E-state index contributed by atoms with van der Waals surface area (Å²) in [5.74, 6) is -0.0313. The Morgan fingerprint density at radius 3 is 2.64 bits per heavy atom. The van der Waals surface area contributed by atoms with Crippen LogP contribution in [0.5, 0.6) is 0 Å². The van der Waals surface area contributed by atoms with Gasteiger partial charge in [0.2, 0.25) is 0 Å². The van der Waals surface area contributed by atoms with E-state index in [0.29, 0.717) is 0 Å². The highest BCUT2D eigenvalue weighted by molar-refractivity contribution is 5.26. The molecule has 11 heavy (non-hydrogen) atoms. The summed E-state index contributed by atoms with van der Waals surface area (Å²) >= 11 is 0. The predicted octanol–water partition coefficient (Wildman–Crippen LogP) is 2.83. The lowest BCUT2D eigenvalue weighted by Gasteiger charge is -2.00. The minimum Gasteiger partial charge on any atom is -0.198 e. The molecular weight excluding hydrogens is 134 g/mol. The highest BCUT2D eigenvalue weighted by Crippen LogP contribution is 2.10. The SMILES string of the molecule is C=C/C=C\C(=C/C)C(C)C#N. The van der Waals surface area contributed by atoms with E-state index in [1.807, 2.05) is 32.1 Å². The van der Waals surface area contributed by atoms with Crippen LogP contribution < -0.4 is 0 Å². The van der Waals surface area contributed by atoms with Crippen LogP contribution in [0.2, 0.25) is 0 Å². The maximum atomic E-state index is 8.59. The summed E-state index contributed by atoms with van der Waals surface area (Å²) in [4.78, 5) is 0. The van der Waals surface area contributed by atoms with Gasteiger partial charge in [-0.2, -0.15) is 5.26 Å². The van der Waals surface area contributed by atoms with Gasteiger partial charge in [0.1, 0.15) is 0 Å². The van der Waals surface area contributed by atoms with E-state index < -0.39 is 0 Å². The Morgan fingerprint density at radius 1 is 1.64 bits per heavy atom. The van der Waals surface area contributed by atoms with E-state index in [1.54, 1.807) is 6.08 Å². The standard InChI is InChI=1S/C10H13N/c1-4-6-7-10(5-2)9(3)8-11/h4-7,9H,1H2,2-3H3/b7-6-,10-5+. The zero-order valence-corrected chi connectivity index (χ0v) is 7.04. The number of nitrogens with zero attached hydrogens (tertiary/aromatic N) is 1. The van der Waals surface area contributed by atoms with Gasteiger partial charge in [-0.3, -0.25) is 0 Å². The maximum absolute atomic E-state index is 8.59. The minimum atomic E-state index is -0.0313. The lowest BCUT2D eigenvalue weighted by molar-refractivity contribution is 0.905. The van der Waals surface area contributed by atoms with Gasteiger partial charge in [-0.1, -0.05) is 30.9 Å². The Hall–Kier alpha value is -1.29. The molecule has 58 valence electrons. The first-order valence-electron chi connectivity index (χ1n) is 3.61. The van der Waals surface area contributed by atoms with Crippen LogP contribution in [0.15, 0.2) is 36.5 Å². The molecule has 0 rings (SSSR count). The van der Waals surface area contributed by atoms with Crippen LogP contribution >= 0.6 is 0 Å². The molecule has 0 saturated carbocycles. The molecule has 0 aliphatic heterocycles. The average molecular weight is 147 g/mol. The number of hydrogen-bond acceptors (Lipinski definition) is 1. The summed E-state index contributed by atoms with van der Waals surface area (Å²) in [5, 5.41) is 8.59. The third-order valence-corrected chi connectivity index (χ3v) is 1.45. The number of hydrogen-bond donors (Lipinski definition) is 0. The molecule has 0 spiro atoms. The van der Waals surface area contributed by atoms with Gasteiger partial charge in [-0.05, 0) is 19.4 Å². The number of rotatable bonds is 3. The molecule has 0 aromatic heterocycles. The Kier molecular flexibility index (Phi) is 4.85. The minimum absolute atomic E-state index is 0.0313. The van der Waals surface area contributed by atoms with E-state index in [1.165, 1.54) is 0 Å². The molecule has 0 amide bonds. The van der Waals surface area contributed by atoms with E-state index >= 15 is 0 Å². The molecule has 1 atom stereocenters. The summed E-state index contributed by atoms with van der Waals surface area (Å²) in [6, 6.07) is 2.17. The molecule has 0 fully saturated rings. The second-order valence-corrected chi connectivity index (χ2v) is 2.23. The van der Waals surface area contributed by atoms with Crippen molar-refractivity contribution in [1.29, 1.82) is 5.26 Å². The molecule has 0 N–H and O–H groups in total. The fourth-order valence-electron chi connectivity index (χ4n) is 0.744. The van der Waals surface area contributed by atoms with Crippen LogP contribution in [0.25, 0.3) is 0 Å². The van der Waals surface area contributed by atoms with Crippen molar-refractivity contribution in [3.63, 3.8) is 0 Å². The monoisotopic (exact) mass is 147 g/mol. The second kappa shape index (κ2) is 5.49. The van der Waals surface area contributed by atoms with E-state index in [0.717, 1.165) is 5.57 Å². The molecule has 1 unspecified atom stereocenters. The molecule has 1 nitrogen and oxygen atoms in total. The smallest absolute Gasteiger partial charge is 0.0700 e. The fraction of sp³-hybridized carbons (Fsp3) is 0.300. The van der Waals surface area contributed by atoms with Crippen molar-refractivity contribution in [2.45, 2.75) is 13.8 Å².